The second kappa shape index (κ2) is 5.94. The first kappa shape index (κ1) is 11.5. The molecule has 2 aliphatic heterocycles. The van der Waals surface area contributed by atoms with E-state index in [-0.39, 0.29) is 12.3 Å². The highest BCUT2D eigenvalue weighted by Crippen LogP contribution is 2.12. The minimum absolute atomic E-state index is 0.0371. The van der Waals surface area contributed by atoms with Gasteiger partial charge in [-0.05, 0) is 25.5 Å². The summed E-state index contributed by atoms with van der Waals surface area (Å²) in [6, 6.07) is -0.0371. The van der Waals surface area contributed by atoms with Crippen molar-refractivity contribution in [2.24, 2.45) is 0 Å². The number of allylic oxidation sites excluding steroid dienone is 1. The lowest BCUT2D eigenvalue weighted by Gasteiger charge is -2.05. The average molecular weight is 223 g/mol. The van der Waals surface area contributed by atoms with Crippen LogP contribution in [0.25, 0.3) is 0 Å². The van der Waals surface area contributed by atoms with Crippen molar-refractivity contribution in [1.29, 1.82) is 0 Å². The number of hydrogen-bond donors (Lipinski definition) is 1. The maximum absolute atomic E-state index is 10.6. The third-order valence-corrected chi connectivity index (χ3v) is 2.73. The molecular formula is C12H17NO3. The van der Waals surface area contributed by atoms with E-state index in [1.54, 1.807) is 0 Å². The first-order chi connectivity index (χ1) is 7.88. The van der Waals surface area contributed by atoms with Crippen LogP contribution in [-0.2, 0) is 14.3 Å². The van der Waals surface area contributed by atoms with Crippen molar-refractivity contribution in [3.8, 4) is 0 Å². The topological polar surface area (TPSA) is 47.6 Å². The van der Waals surface area contributed by atoms with Crippen LogP contribution in [0.4, 0.5) is 0 Å². The molecule has 2 aliphatic rings. The Bertz CT molecular complexity index is 293. The standard InChI is InChI=1S/C12H17NO3/c14-9-11-3-1-10(5-6-13-11)2-4-12-15-7-8-16-12/h1-2,4,9,11-13H,3,5-8H2/b4-2+. The van der Waals surface area contributed by atoms with Gasteiger partial charge in [0.25, 0.3) is 0 Å². The van der Waals surface area contributed by atoms with Crippen LogP contribution in [0.5, 0.6) is 0 Å². The van der Waals surface area contributed by atoms with Crippen LogP contribution in [0.2, 0.25) is 0 Å². The van der Waals surface area contributed by atoms with Crippen LogP contribution in [0.15, 0.2) is 23.8 Å². The predicted molar refractivity (Wildman–Crippen MR) is 60.0 cm³/mol. The maximum Gasteiger partial charge on any atom is 0.177 e. The van der Waals surface area contributed by atoms with Crippen molar-refractivity contribution >= 4 is 6.29 Å². The summed E-state index contributed by atoms with van der Waals surface area (Å²) in [6.07, 6.45) is 8.53. The van der Waals surface area contributed by atoms with Crippen molar-refractivity contribution < 1.29 is 14.3 Å². The zero-order valence-electron chi connectivity index (χ0n) is 9.22. The largest absolute Gasteiger partial charge is 0.347 e. The number of carbonyl (C=O) groups is 1. The van der Waals surface area contributed by atoms with Gasteiger partial charge in [0.2, 0.25) is 0 Å². The van der Waals surface area contributed by atoms with Crippen molar-refractivity contribution in [3.63, 3.8) is 0 Å². The summed E-state index contributed by atoms with van der Waals surface area (Å²) in [5.74, 6) is 0. The van der Waals surface area contributed by atoms with Gasteiger partial charge in [0.05, 0.1) is 19.3 Å². The Kier molecular flexibility index (Phi) is 4.27. The number of rotatable bonds is 3. The lowest BCUT2D eigenvalue weighted by molar-refractivity contribution is -0.109. The van der Waals surface area contributed by atoms with E-state index in [2.05, 4.69) is 11.4 Å². The van der Waals surface area contributed by atoms with E-state index in [4.69, 9.17) is 9.47 Å². The van der Waals surface area contributed by atoms with Gasteiger partial charge in [-0.3, -0.25) is 0 Å². The zero-order valence-corrected chi connectivity index (χ0v) is 9.22. The number of carbonyl (C=O) groups excluding carboxylic acids is 1. The van der Waals surface area contributed by atoms with Gasteiger partial charge in [-0.25, -0.2) is 0 Å². The first-order valence-corrected chi connectivity index (χ1v) is 5.67. The lowest BCUT2D eigenvalue weighted by Crippen LogP contribution is -2.29. The second-order valence-corrected chi connectivity index (χ2v) is 3.93. The van der Waals surface area contributed by atoms with Gasteiger partial charge >= 0.3 is 0 Å². The third-order valence-electron chi connectivity index (χ3n) is 2.73. The fraction of sp³-hybridized carbons (Fsp3) is 0.583. The number of aldehydes is 1. The van der Waals surface area contributed by atoms with Gasteiger partial charge in [-0.15, -0.1) is 0 Å². The van der Waals surface area contributed by atoms with Crippen molar-refractivity contribution in [3.05, 3.63) is 23.8 Å². The van der Waals surface area contributed by atoms with Gasteiger partial charge in [-0.2, -0.15) is 0 Å². The molecule has 0 aliphatic carbocycles. The summed E-state index contributed by atoms with van der Waals surface area (Å²) in [4.78, 5) is 10.6. The molecule has 2 rings (SSSR count). The molecule has 0 aromatic carbocycles. The molecule has 0 aromatic heterocycles. The van der Waals surface area contributed by atoms with Crippen LogP contribution in [-0.4, -0.2) is 38.4 Å². The summed E-state index contributed by atoms with van der Waals surface area (Å²) in [5.41, 5.74) is 1.23. The quantitative estimate of drug-likeness (QED) is 0.719. The number of ether oxygens (including phenoxy) is 2. The number of nitrogens with one attached hydrogen (secondary N) is 1. The Hall–Kier alpha value is -0.970. The first-order valence-electron chi connectivity index (χ1n) is 5.67. The predicted octanol–water partition coefficient (Wildman–Crippen LogP) is 0.793. The molecule has 88 valence electrons. The SMILES string of the molecule is O=CC1CC=C(/C=C/C2OCCO2)CCN1. The molecule has 16 heavy (non-hydrogen) atoms. The van der Waals surface area contributed by atoms with Crippen molar-refractivity contribution in [1.82, 2.24) is 5.32 Å². The van der Waals surface area contributed by atoms with Crippen molar-refractivity contribution in [2.45, 2.75) is 25.2 Å². The molecule has 0 amide bonds. The van der Waals surface area contributed by atoms with E-state index in [1.165, 1.54) is 5.57 Å². The van der Waals surface area contributed by atoms with E-state index in [0.29, 0.717) is 13.2 Å². The molecule has 1 N–H and O–H groups in total. The lowest BCUT2D eigenvalue weighted by atomic mass is 10.1. The van der Waals surface area contributed by atoms with Crippen LogP contribution in [0.1, 0.15) is 12.8 Å². The molecule has 2 heterocycles. The van der Waals surface area contributed by atoms with E-state index < -0.39 is 0 Å². The molecule has 4 heteroatoms. The summed E-state index contributed by atoms with van der Waals surface area (Å²) < 4.78 is 10.6. The fourth-order valence-corrected chi connectivity index (χ4v) is 1.81. The smallest absolute Gasteiger partial charge is 0.177 e. The molecule has 1 saturated heterocycles. The highest BCUT2D eigenvalue weighted by atomic mass is 16.7. The Labute approximate surface area is 95.3 Å². The van der Waals surface area contributed by atoms with Gasteiger partial charge in [0.1, 0.15) is 6.29 Å². The van der Waals surface area contributed by atoms with E-state index >= 15 is 0 Å². The monoisotopic (exact) mass is 223 g/mol. The molecule has 0 aromatic rings. The molecule has 1 atom stereocenters. The average Bonchev–Trinajstić information content (AvgIpc) is 2.72. The van der Waals surface area contributed by atoms with Crippen molar-refractivity contribution in [2.75, 3.05) is 19.8 Å². The van der Waals surface area contributed by atoms with Crippen LogP contribution >= 0.6 is 0 Å². The zero-order chi connectivity index (χ0) is 11.2. The van der Waals surface area contributed by atoms with Crippen LogP contribution in [0.3, 0.4) is 0 Å². The third kappa shape index (κ3) is 3.27. The highest BCUT2D eigenvalue weighted by Gasteiger charge is 2.13. The molecule has 1 fully saturated rings. The molecular weight excluding hydrogens is 206 g/mol. The minimum atomic E-state index is -0.195. The normalized spacial score (nSPS) is 28.0. The van der Waals surface area contributed by atoms with Crippen LogP contribution < -0.4 is 5.32 Å². The molecule has 1 unspecified atom stereocenters. The van der Waals surface area contributed by atoms with E-state index in [0.717, 1.165) is 25.7 Å². The Morgan fingerprint density at radius 3 is 2.94 bits per heavy atom. The fourth-order valence-electron chi connectivity index (χ4n) is 1.81. The summed E-state index contributed by atoms with van der Waals surface area (Å²) in [6.45, 7) is 2.18. The molecule has 0 spiro atoms. The molecule has 0 radical (unpaired) electrons. The Morgan fingerprint density at radius 1 is 1.38 bits per heavy atom. The molecule has 0 bridgehead atoms. The highest BCUT2D eigenvalue weighted by molar-refractivity contribution is 5.58. The maximum atomic E-state index is 10.6. The Balaban J connectivity index is 1.88. The summed E-state index contributed by atoms with van der Waals surface area (Å²) in [5, 5.41) is 3.17. The minimum Gasteiger partial charge on any atom is -0.347 e. The van der Waals surface area contributed by atoms with E-state index in [9.17, 15) is 4.79 Å². The molecule has 0 saturated carbocycles. The van der Waals surface area contributed by atoms with Gasteiger partial charge in [0, 0.05) is 0 Å². The Morgan fingerprint density at radius 2 is 2.19 bits per heavy atom. The second-order valence-electron chi connectivity index (χ2n) is 3.93. The van der Waals surface area contributed by atoms with Gasteiger partial charge in [-0.1, -0.05) is 17.7 Å². The molecule has 4 nitrogen and oxygen atoms in total. The summed E-state index contributed by atoms with van der Waals surface area (Å²) >= 11 is 0. The van der Waals surface area contributed by atoms with E-state index in [1.807, 2.05) is 12.2 Å². The van der Waals surface area contributed by atoms with Gasteiger partial charge < -0.3 is 19.6 Å². The van der Waals surface area contributed by atoms with Crippen LogP contribution in [0, 0.1) is 0 Å². The number of hydrogen-bond acceptors (Lipinski definition) is 4. The van der Waals surface area contributed by atoms with Gasteiger partial charge in [0.15, 0.2) is 6.29 Å². The summed E-state index contributed by atoms with van der Waals surface area (Å²) in [7, 11) is 0.